The third-order valence-corrected chi connectivity index (χ3v) is 1.20. The number of ether oxygens (including phenoxy) is 1. The van der Waals surface area contributed by atoms with Gasteiger partial charge in [-0.1, -0.05) is 13.3 Å². The van der Waals surface area contributed by atoms with Gasteiger partial charge in [0.1, 0.15) is 0 Å². The zero-order valence-corrected chi connectivity index (χ0v) is 6.92. The third kappa shape index (κ3) is 3.68. The predicted octanol–water partition coefficient (Wildman–Crippen LogP) is 0.703. The lowest BCUT2D eigenvalue weighted by molar-refractivity contribution is -0.139. The smallest absolute Gasteiger partial charge is 0.351 e. The highest BCUT2D eigenvalue weighted by Crippen LogP contribution is 1.93. The molecule has 0 spiro atoms. The summed E-state index contributed by atoms with van der Waals surface area (Å²) in [6, 6.07) is 0. The van der Waals surface area contributed by atoms with Crippen molar-refractivity contribution in [2.24, 2.45) is 0 Å². The highest BCUT2D eigenvalue weighted by molar-refractivity contribution is 6.14. The second-order valence-corrected chi connectivity index (χ2v) is 2.15. The highest BCUT2D eigenvalue weighted by Gasteiger charge is 2.08. The Morgan fingerprint density at radius 1 is 1.67 bits per heavy atom. The fourth-order valence-electron chi connectivity index (χ4n) is 0.516. The van der Waals surface area contributed by atoms with Gasteiger partial charge in [-0.2, -0.15) is 0 Å². The van der Waals surface area contributed by atoms with Gasteiger partial charge in [-0.15, -0.1) is 0 Å². The van der Waals surface area contributed by atoms with Gasteiger partial charge in [0.2, 0.25) is 0 Å². The Balaban J connectivity index is 3.87. The van der Waals surface area contributed by atoms with Crippen LogP contribution < -0.4 is 0 Å². The van der Waals surface area contributed by atoms with E-state index in [4.69, 9.17) is 5.41 Å². The molecule has 0 rings (SSSR count). The van der Waals surface area contributed by atoms with Gasteiger partial charge in [0.25, 0.3) is 0 Å². The van der Waals surface area contributed by atoms with Gasteiger partial charge < -0.3 is 4.74 Å². The molecule has 0 saturated heterocycles. The lowest BCUT2D eigenvalue weighted by Gasteiger charge is -1.99. The molecule has 0 atom stereocenters. The number of carbonyl (C=O) groups excluding carboxylic acids is 2. The molecule has 0 aliphatic rings. The number of carbonyl (C=O) groups is 2. The van der Waals surface area contributed by atoms with E-state index in [1.807, 2.05) is 6.92 Å². The Hall–Kier alpha value is -1.41. The van der Waals surface area contributed by atoms with E-state index in [-0.39, 0.29) is 18.5 Å². The van der Waals surface area contributed by atoms with Gasteiger partial charge in [-0.3, -0.25) is 10.2 Å². The van der Waals surface area contributed by atoms with Gasteiger partial charge in [-0.05, 0) is 12.3 Å². The number of hydrogen-bond donors (Lipinski definition) is 1. The van der Waals surface area contributed by atoms with Crippen molar-refractivity contribution >= 4 is 18.1 Å². The summed E-state index contributed by atoms with van der Waals surface area (Å²) in [5, 5.41) is 6.55. The van der Waals surface area contributed by atoms with E-state index in [0.717, 1.165) is 12.8 Å². The van der Waals surface area contributed by atoms with Crippen LogP contribution in [0.25, 0.3) is 0 Å². The normalized spacial score (nSPS) is 8.42. The summed E-state index contributed by atoms with van der Waals surface area (Å²) >= 11 is 0. The Bertz CT molecular complexity index is 216. The lowest BCUT2D eigenvalue weighted by atomic mass is 10.3. The summed E-state index contributed by atoms with van der Waals surface area (Å²) in [6.45, 7) is 2.25. The molecule has 0 aliphatic carbocycles. The molecule has 0 fully saturated rings. The lowest BCUT2D eigenvalue weighted by Crippen LogP contribution is -2.10. The number of esters is 1. The van der Waals surface area contributed by atoms with E-state index < -0.39 is 5.97 Å². The minimum absolute atomic E-state index is 0.265. The fraction of sp³-hybridized carbons (Fsp3) is 0.500. The van der Waals surface area contributed by atoms with Gasteiger partial charge in [-0.25, -0.2) is 4.79 Å². The zero-order chi connectivity index (χ0) is 9.40. The van der Waals surface area contributed by atoms with Crippen LogP contribution in [-0.4, -0.2) is 24.7 Å². The summed E-state index contributed by atoms with van der Waals surface area (Å²) in [5.74, 6) is 0.933. The van der Waals surface area contributed by atoms with Crippen LogP contribution in [0.1, 0.15) is 19.8 Å². The molecule has 0 aliphatic heterocycles. The molecule has 4 nitrogen and oxygen atoms in total. The van der Waals surface area contributed by atoms with Crippen molar-refractivity contribution in [2.75, 3.05) is 6.61 Å². The highest BCUT2D eigenvalue weighted by atomic mass is 16.5. The topological polar surface area (TPSA) is 67.2 Å². The first-order chi connectivity index (χ1) is 5.76. The van der Waals surface area contributed by atoms with E-state index in [1.165, 1.54) is 0 Å². The van der Waals surface area contributed by atoms with Crippen LogP contribution in [-0.2, 0) is 14.3 Å². The number of rotatable bonds is 5. The molecule has 0 unspecified atom stereocenters. The first-order valence-electron chi connectivity index (χ1n) is 3.68. The minimum Gasteiger partial charge on any atom is -0.462 e. The molecular formula is C8H11NO3. The Labute approximate surface area is 70.7 Å². The van der Waals surface area contributed by atoms with E-state index in [2.05, 4.69) is 4.74 Å². The second-order valence-electron chi connectivity index (χ2n) is 2.15. The van der Waals surface area contributed by atoms with E-state index >= 15 is 0 Å². The average Bonchev–Trinajstić information content (AvgIpc) is 2.07. The molecule has 0 amide bonds. The summed E-state index contributed by atoms with van der Waals surface area (Å²) < 4.78 is 4.64. The average molecular weight is 169 g/mol. The fourth-order valence-corrected chi connectivity index (χ4v) is 0.516. The molecule has 4 heteroatoms. The monoisotopic (exact) mass is 169 g/mol. The van der Waals surface area contributed by atoms with E-state index in [9.17, 15) is 9.59 Å². The summed E-state index contributed by atoms with van der Waals surface area (Å²) in [7, 11) is 0. The Morgan fingerprint density at radius 3 is 2.75 bits per heavy atom. The molecule has 0 saturated carbocycles. The predicted molar refractivity (Wildman–Crippen MR) is 43.2 cm³/mol. The number of unbranched alkanes of at least 4 members (excludes halogenated alkanes) is 1. The van der Waals surface area contributed by atoms with Crippen LogP contribution in [0.5, 0.6) is 0 Å². The number of aldehydes is 1. The molecule has 0 aromatic carbocycles. The van der Waals surface area contributed by atoms with Gasteiger partial charge in [0.05, 0.1) is 6.61 Å². The molecule has 0 heterocycles. The molecule has 0 bridgehead atoms. The van der Waals surface area contributed by atoms with Crippen molar-refractivity contribution in [2.45, 2.75) is 19.8 Å². The maximum absolute atomic E-state index is 10.8. The van der Waals surface area contributed by atoms with Crippen LogP contribution in [0.4, 0.5) is 0 Å². The van der Waals surface area contributed by atoms with Crippen molar-refractivity contribution in [3.05, 3.63) is 5.57 Å². The van der Waals surface area contributed by atoms with Crippen LogP contribution in [0.2, 0.25) is 0 Å². The maximum atomic E-state index is 10.8. The van der Waals surface area contributed by atoms with Crippen LogP contribution in [0, 0.1) is 5.41 Å². The molecule has 0 aromatic heterocycles. The first-order valence-corrected chi connectivity index (χ1v) is 3.68. The first kappa shape index (κ1) is 10.6. The van der Waals surface area contributed by atoms with Crippen LogP contribution in [0.15, 0.2) is 5.57 Å². The largest absolute Gasteiger partial charge is 0.462 e. The molecule has 0 aromatic rings. The molecule has 0 radical (unpaired) electrons. The quantitative estimate of drug-likeness (QED) is 0.125. The van der Waals surface area contributed by atoms with Crippen LogP contribution in [0.3, 0.4) is 0 Å². The van der Waals surface area contributed by atoms with Crippen molar-refractivity contribution in [1.82, 2.24) is 0 Å². The summed E-state index contributed by atoms with van der Waals surface area (Å²) in [5.41, 5.74) is -0.369. The summed E-state index contributed by atoms with van der Waals surface area (Å²) in [4.78, 5) is 20.9. The Kier molecular flexibility index (Phi) is 5.57. The van der Waals surface area contributed by atoms with E-state index in [1.54, 1.807) is 5.87 Å². The molecule has 12 heavy (non-hydrogen) atoms. The second kappa shape index (κ2) is 6.31. The zero-order valence-electron chi connectivity index (χ0n) is 6.92. The third-order valence-electron chi connectivity index (χ3n) is 1.20. The van der Waals surface area contributed by atoms with Gasteiger partial charge in [0, 0.05) is 0 Å². The molecule has 66 valence electrons. The van der Waals surface area contributed by atoms with Crippen molar-refractivity contribution in [1.29, 1.82) is 5.41 Å². The van der Waals surface area contributed by atoms with Crippen molar-refractivity contribution in [3.8, 4) is 0 Å². The van der Waals surface area contributed by atoms with Crippen molar-refractivity contribution in [3.63, 3.8) is 0 Å². The molecular weight excluding hydrogens is 158 g/mol. The summed E-state index contributed by atoms with van der Waals surface area (Å²) in [6.07, 6.45) is 1.94. The van der Waals surface area contributed by atoms with Gasteiger partial charge >= 0.3 is 5.97 Å². The van der Waals surface area contributed by atoms with Gasteiger partial charge in [0.15, 0.2) is 11.9 Å². The molecule has 1 N–H and O–H groups in total. The van der Waals surface area contributed by atoms with Crippen LogP contribution >= 0.6 is 0 Å². The van der Waals surface area contributed by atoms with E-state index in [0.29, 0.717) is 0 Å². The maximum Gasteiger partial charge on any atom is 0.351 e. The standard InChI is InChI=1S/C8H11NO3/c1-2-3-4-12-8(11)7(5-9)6-10/h6,9H,2-4H2,1H3. The SMILES string of the molecule is CCCCOC(=O)C(=C=N)C=O. The minimum atomic E-state index is -0.770. The number of hydrogen-bond acceptors (Lipinski definition) is 4. The Morgan fingerprint density at radius 2 is 2.33 bits per heavy atom. The number of nitrogens with one attached hydrogen (secondary N) is 1. The van der Waals surface area contributed by atoms with Crippen molar-refractivity contribution < 1.29 is 14.3 Å².